The molecule has 1 aromatic carbocycles. The lowest BCUT2D eigenvalue weighted by atomic mass is 9.55. The number of benzene rings is 1. The number of carbonyl (C=O) groups excluding carboxylic acids is 4. The molecule has 13 heteroatoms. The van der Waals surface area contributed by atoms with Gasteiger partial charge in [0.1, 0.15) is 11.3 Å². The number of aliphatic carboxylic acids is 1. The Bertz CT molecular complexity index is 1240. The lowest BCUT2D eigenvalue weighted by Gasteiger charge is -2.57. The fourth-order valence-corrected chi connectivity index (χ4v) is 5.08. The van der Waals surface area contributed by atoms with E-state index in [1.165, 1.54) is 18.6 Å². The Morgan fingerprint density at radius 3 is 2.31 bits per heavy atom. The van der Waals surface area contributed by atoms with Crippen LogP contribution in [-0.2, 0) is 39.6 Å². The van der Waals surface area contributed by atoms with Crippen molar-refractivity contribution >= 4 is 36.4 Å². The van der Waals surface area contributed by atoms with Crippen molar-refractivity contribution in [2.24, 2.45) is 5.92 Å². The summed E-state index contributed by atoms with van der Waals surface area (Å²) in [6.45, 7) is 0.433. The molecule has 0 aliphatic carbocycles. The molecule has 2 aliphatic rings. The van der Waals surface area contributed by atoms with Crippen molar-refractivity contribution in [1.29, 1.82) is 0 Å². The van der Waals surface area contributed by atoms with Gasteiger partial charge in [0, 0.05) is 12.4 Å². The average Bonchev–Trinajstić information content (AvgIpc) is 2.87. The van der Waals surface area contributed by atoms with Gasteiger partial charge in [-0.25, -0.2) is 9.78 Å². The first-order valence-corrected chi connectivity index (χ1v) is 12.7. The molecule has 206 valence electrons. The topological polar surface area (TPSA) is 171 Å². The molecule has 2 N–H and O–H groups in total. The summed E-state index contributed by atoms with van der Waals surface area (Å²) in [5.41, 5.74) is -1.34. The van der Waals surface area contributed by atoms with Crippen LogP contribution in [0.15, 0.2) is 48.9 Å². The number of rotatable bonds is 11. The second-order valence-electron chi connectivity index (χ2n) is 10.3. The molecule has 2 aliphatic heterocycles. The standard InChI is InChI=1S/C26H29BN3O9/c1-16(2)10-18(27-37-22(32)13-26(39-27,25(35)36)14-23(33)38-27)12-21(31)19(11-17-6-4-3-5-7-17)30-24(34)20-15-28-8-9-29-20/h3-9,15-16,18-19H,10-14H2,1-2H3,(H,30,34)(H,35,36)/q-1/t18?,19-,26?,27?/m0/s1. The van der Waals surface area contributed by atoms with Gasteiger partial charge in [-0.05, 0) is 24.3 Å². The smallest absolute Gasteiger partial charge is 0.499 e. The van der Waals surface area contributed by atoms with Crippen molar-refractivity contribution in [1.82, 2.24) is 15.3 Å². The first-order valence-electron chi connectivity index (χ1n) is 12.7. The van der Waals surface area contributed by atoms with Crippen LogP contribution in [-0.4, -0.2) is 63.1 Å². The van der Waals surface area contributed by atoms with Gasteiger partial charge in [-0.15, -0.1) is 0 Å². The monoisotopic (exact) mass is 538 g/mol. The number of aromatic nitrogens is 2. The number of carboxylic acid groups (broad SMARTS) is 1. The number of Topliss-reactive ketones (excluding diaryl/α,β-unsaturated/α-hetero) is 1. The minimum Gasteiger partial charge on any atom is -0.633 e. The first-order chi connectivity index (χ1) is 18.5. The number of carboxylic acids is 1. The second kappa shape index (κ2) is 11.3. The molecule has 2 atom stereocenters. The zero-order valence-electron chi connectivity index (χ0n) is 21.6. The van der Waals surface area contributed by atoms with Gasteiger partial charge in [0.2, 0.25) is 0 Å². The van der Waals surface area contributed by atoms with Crippen LogP contribution in [0.3, 0.4) is 0 Å². The summed E-state index contributed by atoms with van der Waals surface area (Å²) in [7, 11) is 0. The maximum Gasteiger partial charge on any atom is 0.499 e. The highest BCUT2D eigenvalue weighted by Gasteiger charge is 2.61. The molecular formula is C26H29BN3O9-. The van der Waals surface area contributed by atoms with Crippen molar-refractivity contribution in [2.45, 2.75) is 63.4 Å². The number of hydrogen-bond acceptors (Lipinski definition) is 10. The van der Waals surface area contributed by atoms with Crippen LogP contribution in [0.4, 0.5) is 0 Å². The Balaban J connectivity index is 1.65. The van der Waals surface area contributed by atoms with Crippen molar-refractivity contribution in [3.63, 3.8) is 0 Å². The van der Waals surface area contributed by atoms with Gasteiger partial charge in [0.25, 0.3) is 17.8 Å². The third kappa shape index (κ3) is 6.31. The van der Waals surface area contributed by atoms with E-state index >= 15 is 0 Å². The Hall–Kier alpha value is -4.13. The van der Waals surface area contributed by atoms with Gasteiger partial charge < -0.3 is 24.4 Å². The summed E-state index contributed by atoms with van der Waals surface area (Å²) in [6, 6.07) is 7.99. The van der Waals surface area contributed by atoms with Gasteiger partial charge in [-0.3, -0.25) is 24.2 Å². The second-order valence-corrected chi connectivity index (χ2v) is 10.3. The molecule has 0 radical (unpaired) electrons. The van der Waals surface area contributed by atoms with E-state index in [-0.39, 0.29) is 30.9 Å². The fraction of sp³-hybridized carbons (Fsp3) is 0.423. The highest BCUT2D eigenvalue weighted by Crippen LogP contribution is 2.46. The third-order valence-corrected chi connectivity index (χ3v) is 6.82. The zero-order valence-corrected chi connectivity index (χ0v) is 21.6. The van der Waals surface area contributed by atoms with Crippen molar-refractivity contribution in [3.05, 3.63) is 60.2 Å². The Labute approximate surface area is 224 Å². The van der Waals surface area contributed by atoms with Crippen molar-refractivity contribution < 1.29 is 43.0 Å². The molecule has 0 saturated carbocycles. The number of carbonyl (C=O) groups is 5. The summed E-state index contributed by atoms with van der Waals surface area (Å²) in [4.78, 5) is 71.8. The molecule has 0 spiro atoms. The van der Waals surface area contributed by atoms with E-state index in [4.69, 9.17) is 14.0 Å². The third-order valence-electron chi connectivity index (χ3n) is 6.82. The predicted octanol–water partition coefficient (Wildman–Crippen LogP) is 1.87. The molecule has 1 unspecified atom stereocenters. The highest BCUT2D eigenvalue weighted by molar-refractivity contribution is 6.67. The van der Waals surface area contributed by atoms with Crippen LogP contribution in [0.2, 0.25) is 5.82 Å². The molecule has 39 heavy (non-hydrogen) atoms. The van der Waals surface area contributed by atoms with Crippen LogP contribution in [0.25, 0.3) is 0 Å². The largest absolute Gasteiger partial charge is 0.633 e. The normalized spacial score (nSPS) is 23.8. The number of nitrogens with zero attached hydrogens (tertiary/aromatic N) is 2. The van der Waals surface area contributed by atoms with Gasteiger partial charge in [-0.2, -0.15) is 0 Å². The molecule has 2 saturated heterocycles. The maximum absolute atomic E-state index is 13.8. The SMILES string of the molecule is CC(C)CC(CC(=O)[C@H](Cc1ccccc1)NC(=O)c1cnccn1)[B-]12OC(=O)CC(C(=O)O)(CC(=O)O1)O2. The minimum absolute atomic E-state index is 0.0156. The summed E-state index contributed by atoms with van der Waals surface area (Å²) in [6.07, 6.45) is 2.73. The Morgan fingerprint density at radius 2 is 1.74 bits per heavy atom. The Morgan fingerprint density at radius 1 is 1.08 bits per heavy atom. The molecular weight excluding hydrogens is 509 g/mol. The number of ketones is 1. The van der Waals surface area contributed by atoms with E-state index in [2.05, 4.69) is 15.3 Å². The van der Waals surface area contributed by atoms with Gasteiger partial charge >= 0.3 is 12.7 Å². The molecule has 3 heterocycles. The van der Waals surface area contributed by atoms with Crippen LogP contribution >= 0.6 is 0 Å². The van der Waals surface area contributed by atoms with E-state index in [1.54, 1.807) is 24.3 Å². The quantitative estimate of drug-likeness (QED) is 0.400. The van der Waals surface area contributed by atoms with Gasteiger partial charge in [-0.1, -0.05) is 56.4 Å². The van der Waals surface area contributed by atoms with E-state index in [0.717, 1.165) is 5.56 Å². The zero-order chi connectivity index (χ0) is 28.2. The van der Waals surface area contributed by atoms with Gasteiger partial charge in [0.05, 0.1) is 25.1 Å². The molecule has 2 fully saturated rings. The molecule has 4 rings (SSSR count). The van der Waals surface area contributed by atoms with E-state index in [1.807, 2.05) is 19.9 Å². The highest BCUT2D eigenvalue weighted by atomic mass is 16.8. The van der Waals surface area contributed by atoms with Crippen LogP contribution < -0.4 is 5.32 Å². The fourth-order valence-electron chi connectivity index (χ4n) is 5.08. The van der Waals surface area contributed by atoms with Crippen LogP contribution in [0.5, 0.6) is 0 Å². The summed E-state index contributed by atoms with van der Waals surface area (Å²) in [5.74, 6) is -5.42. The summed E-state index contributed by atoms with van der Waals surface area (Å²) in [5, 5.41) is 12.5. The summed E-state index contributed by atoms with van der Waals surface area (Å²) < 4.78 is 16.7. The lowest BCUT2D eigenvalue weighted by Crippen LogP contribution is -2.69. The molecule has 2 aromatic rings. The molecule has 12 nitrogen and oxygen atoms in total. The molecule has 1 aromatic heterocycles. The maximum atomic E-state index is 13.8. The lowest BCUT2D eigenvalue weighted by molar-refractivity contribution is -0.194. The minimum atomic E-state index is -3.26. The van der Waals surface area contributed by atoms with Crippen molar-refractivity contribution in [2.75, 3.05) is 0 Å². The number of fused-ring (bicyclic) bond motifs is 2. The summed E-state index contributed by atoms with van der Waals surface area (Å²) >= 11 is 0. The van der Waals surface area contributed by atoms with Crippen molar-refractivity contribution in [3.8, 4) is 0 Å². The average molecular weight is 538 g/mol. The molecule has 2 bridgehead atoms. The first kappa shape index (κ1) is 27.9. The Kier molecular flexibility index (Phi) is 8.10. The van der Waals surface area contributed by atoms with E-state index in [9.17, 15) is 29.1 Å². The number of nitrogens with one attached hydrogen (secondary N) is 1. The predicted molar refractivity (Wildman–Crippen MR) is 135 cm³/mol. The van der Waals surface area contributed by atoms with Gasteiger partial charge in [0.15, 0.2) is 5.78 Å². The molecule has 1 amide bonds. The van der Waals surface area contributed by atoms with Crippen LogP contribution in [0, 0.1) is 5.92 Å². The number of amides is 1. The van der Waals surface area contributed by atoms with E-state index in [0.29, 0.717) is 0 Å². The van der Waals surface area contributed by atoms with E-state index < -0.39 is 66.7 Å². The number of hydrogen-bond donors (Lipinski definition) is 2. The van der Waals surface area contributed by atoms with Crippen LogP contribution in [0.1, 0.15) is 55.6 Å².